The lowest BCUT2D eigenvalue weighted by molar-refractivity contribution is -0.136. The summed E-state index contributed by atoms with van der Waals surface area (Å²) < 4.78 is 22.8. The van der Waals surface area contributed by atoms with Crippen molar-refractivity contribution in [1.82, 2.24) is 4.98 Å². The molecule has 0 fully saturated rings. The molecule has 0 bridgehead atoms. The van der Waals surface area contributed by atoms with Gasteiger partial charge in [0.1, 0.15) is 11.5 Å². The molecule has 2 aromatic carbocycles. The van der Waals surface area contributed by atoms with Crippen LogP contribution in [-0.4, -0.2) is 42.5 Å². The zero-order chi connectivity index (χ0) is 23.4. The molecule has 7 heteroatoms. The molecule has 1 N–H and O–H groups in total. The molecule has 0 radical (unpaired) electrons. The number of ether oxygens (including phenoxy) is 4. The zero-order valence-corrected chi connectivity index (χ0v) is 19.3. The van der Waals surface area contributed by atoms with Crippen LogP contribution in [0.3, 0.4) is 0 Å². The zero-order valence-electron chi connectivity index (χ0n) is 19.3. The first-order valence-electron chi connectivity index (χ1n) is 10.5. The SMILES string of the molecule is COc1cc2c(CC(=O)O)cnc(-c3cc(OC(C)C)cc(OC(C)C)c3)c2cc1OC. The van der Waals surface area contributed by atoms with Crippen LogP contribution in [0.15, 0.2) is 36.5 Å². The summed E-state index contributed by atoms with van der Waals surface area (Å²) in [7, 11) is 3.11. The predicted molar refractivity (Wildman–Crippen MR) is 123 cm³/mol. The van der Waals surface area contributed by atoms with Gasteiger partial charge in [-0.2, -0.15) is 0 Å². The van der Waals surface area contributed by atoms with Crippen LogP contribution in [0.5, 0.6) is 23.0 Å². The van der Waals surface area contributed by atoms with Gasteiger partial charge in [-0.05, 0) is 62.9 Å². The first-order valence-corrected chi connectivity index (χ1v) is 10.5. The number of aliphatic carboxylic acids is 1. The molecule has 32 heavy (non-hydrogen) atoms. The molecular formula is C25H29NO6. The number of pyridine rings is 1. The number of rotatable bonds is 9. The third-order valence-corrected chi connectivity index (χ3v) is 4.71. The lowest BCUT2D eigenvalue weighted by Crippen LogP contribution is -2.08. The van der Waals surface area contributed by atoms with E-state index in [0.29, 0.717) is 34.3 Å². The van der Waals surface area contributed by atoms with E-state index in [1.807, 2.05) is 52.0 Å². The minimum absolute atomic E-state index is 0.0100. The first-order chi connectivity index (χ1) is 15.2. The topological polar surface area (TPSA) is 87.1 Å². The van der Waals surface area contributed by atoms with Crippen LogP contribution in [0.25, 0.3) is 22.0 Å². The molecule has 7 nitrogen and oxygen atoms in total. The molecule has 0 unspecified atom stereocenters. The van der Waals surface area contributed by atoms with Crippen LogP contribution < -0.4 is 18.9 Å². The average Bonchev–Trinajstić information content (AvgIpc) is 2.71. The molecule has 3 aromatic rings. The second kappa shape index (κ2) is 9.77. The standard InChI is InChI=1S/C25H29NO6/c1-14(2)31-18-7-16(8-19(10-18)32-15(3)4)25-21-12-23(30-6)22(29-5)11-20(21)17(13-26-25)9-24(27)28/h7-8,10-15H,9H2,1-6H3,(H,27,28). The largest absolute Gasteiger partial charge is 0.493 e. The van der Waals surface area contributed by atoms with E-state index in [1.54, 1.807) is 26.5 Å². The van der Waals surface area contributed by atoms with E-state index in [4.69, 9.17) is 18.9 Å². The number of benzene rings is 2. The van der Waals surface area contributed by atoms with Crippen molar-refractivity contribution in [1.29, 1.82) is 0 Å². The number of hydrogen-bond donors (Lipinski definition) is 1. The maximum atomic E-state index is 11.4. The van der Waals surface area contributed by atoms with E-state index < -0.39 is 5.97 Å². The lowest BCUT2D eigenvalue weighted by Gasteiger charge is -2.17. The highest BCUT2D eigenvalue weighted by molar-refractivity contribution is 5.99. The molecule has 1 aromatic heterocycles. The number of aromatic nitrogens is 1. The van der Waals surface area contributed by atoms with Gasteiger partial charge in [0.2, 0.25) is 0 Å². The van der Waals surface area contributed by atoms with Crippen LogP contribution in [-0.2, 0) is 11.2 Å². The molecule has 0 amide bonds. The van der Waals surface area contributed by atoms with E-state index in [1.165, 1.54) is 0 Å². The Morgan fingerprint density at radius 3 is 1.88 bits per heavy atom. The van der Waals surface area contributed by atoms with Crippen molar-refractivity contribution in [3.63, 3.8) is 0 Å². The number of hydrogen-bond acceptors (Lipinski definition) is 6. The van der Waals surface area contributed by atoms with Crippen LogP contribution >= 0.6 is 0 Å². The van der Waals surface area contributed by atoms with E-state index in [2.05, 4.69) is 4.98 Å². The highest BCUT2D eigenvalue weighted by atomic mass is 16.5. The van der Waals surface area contributed by atoms with Crippen LogP contribution in [0.1, 0.15) is 33.3 Å². The second-order valence-electron chi connectivity index (χ2n) is 7.98. The van der Waals surface area contributed by atoms with Crippen molar-refractivity contribution < 1.29 is 28.8 Å². The molecule has 0 aliphatic carbocycles. The first kappa shape index (κ1) is 23.2. The lowest BCUT2D eigenvalue weighted by atomic mass is 9.98. The van der Waals surface area contributed by atoms with Crippen LogP contribution in [0, 0.1) is 0 Å². The minimum atomic E-state index is -0.935. The summed E-state index contributed by atoms with van der Waals surface area (Å²) in [6, 6.07) is 9.28. The Kier molecular flexibility index (Phi) is 7.08. The number of fused-ring (bicyclic) bond motifs is 1. The number of carbonyl (C=O) groups is 1. The number of methoxy groups -OCH3 is 2. The summed E-state index contributed by atoms with van der Waals surface area (Å²) in [4.78, 5) is 16.1. The van der Waals surface area contributed by atoms with Crippen LogP contribution in [0.4, 0.5) is 0 Å². The average molecular weight is 440 g/mol. The predicted octanol–water partition coefficient (Wildman–Crippen LogP) is 5.12. The Balaban J connectivity index is 2.28. The van der Waals surface area contributed by atoms with Crippen LogP contribution in [0.2, 0.25) is 0 Å². The molecular weight excluding hydrogens is 410 g/mol. The summed E-state index contributed by atoms with van der Waals surface area (Å²) in [6.45, 7) is 7.84. The summed E-state index contributed by atoms with van der Waals surface area (Å²) >= 11 is 0. The third kappa shape index (κ3) is 5.22. The molecule has 1 heterocycles. The fourth-order valence-electron chi connectivity index (χ4n) is 3.54. The Morgan fingerprint density at radius 2 is 1.41 bits per heavy atom. The van der Waals surface area contributed by atoms with Gasteiger partial charge in [0, 0.05) is 23.2 Å². The molecule has 3 rings (SSSR count). The van der Waals surface area contributed by atoms with E-state index in [9.17, 15) is 9.90 Å². The minimum Gasteiger partial charge on any atom is -0.493 e. The van der Waals surface area contributed by atoms with Gasteiger partial charge in [-0.3, -0.25) is 9.78 Å². The van der Waals surface area contributed by atoms with Crippen molar-refractivity contribution in [3.8, 4) is 34.3 Å². The fraction of sp³-hybridized carbons (Fsp3) is 0.360. The number of carboxylic acid groups (broad SMARTS) is 1. The Bertz CT molecular complexity index is 1090. The van der Waals surface area contributed by atoms with Crippen molar-refractivity contribution in [2.24, 2.45) is 0 Å². The van der Waals surface area contributed by atoms with Crippen molar-refractivity contribution >= 4 is 16.7 Å². The van der Waals surface area contributed by atoms with Gasteiger partial charge in [0.25, 0.3) is 0 Å². The summed E-state index contributed by atoms with van der Waals surface area (Å²) in [5.74, 6) is 1.44. The molecule has 0 atom stereocenters. The monoisotopic (exact) mass is 439 g/mol. The van der Waals surface area contributed by atoms with Crippen molar-refractivity contribution in [2.45, 2.75) is 46.3 Å². The smallest absolute Gasteiger partial charge is 0.307 e. The van der Waals surface area contributed by atoms with Crippen molar-refractivity contribution in [3.05, 3.63) is 42.1 Å². The van der Waals surface area contributed by atoms with Gasteiger partial charge in [-0.25, -0.2) is 0 Å². The van der Waals surface area contributed by atoms with Gasteiger partial charge in [0.05, 0.1) is 38.5 Å². The molecule has 0 aliphatic heterocycles. The molecule has 0 saturated heterocycles. The quantitative estimate of drug-likeness (QED) is 0.495. The maximum absolute atomic E-state index is 11.4. The highest BCUT2D eigenvalue weighted by Gasteiger charge is 2.18. The second-order valence-corrected chi connectivity index (χ2v) is 7.98. The van der Waals surface area contributed by atoms with E-state index >= 15 is 0 Å². The number of carboxylic acids is 1. The Morgan fingerprint density at radius 1 is 0.875 bits per heavy atom. The summed E-state index contributed by atoms with van der Waals surface area (Å²) in [5, 5.41) is 10.8. The van der Waals surface area contributed by atoms with E-state index in [-0.39, 0.29) is 18.6 Å². The normalized spacial score (nSPS) is 11.1. The molecule has 0 aliphatic rings. The maximum Gasteiger partial charge on any atom is 0.307 e. The highest BCUT2D eigenvalue weighted by Crippen LogP contribution is 2.39. The summed E-state index contributed by atoms with van der Waals surface area (Å²) in [6.07, 6.45) is 1.42. The number of nitrogens with zero attached hydrogens (tertiary/aromatic N) is 1. The molecule has 0 saturated carbocycles. The van der Waals surface area contributed by atoms with Crippen molar-refractivity contribution in [2.75, 3.05) is 14.2 Å². The van der Waals surface area contributed by atoms with E-state index in [0.717, 1.165) is 16.3 Å². The molecule has 0 spiro atoms. The summed E-state index contributed by atoms with van der Waals surface area (Å²) in [5.41, 5.74) is 2.04. The molecule has 170 valence electrons. The van der Waals surface area contributed by atoms with Gasteiger partial charge < -0.3 is 24.1 Å². The van der Waals surface area contributed by atoms with Gasteiger partial charge in [-0.15, -0.1) is 0 Å². The van der Waals surface area contributed by atoms with Gasteiger partial charge in [-0.1, -0.05) is 0 Å². The van der Waals surface area contributed by atoms with Gasteiger partial charge >= 0.3 is 5.97 Å². The fourth-order valence-corrected chi connectivity index (χ4v) is 3.54. The van der Waals surface area contributed by atoms with Gasteiger partial charge in [0.15, 0.2) is 11.5 Å². The Hall–Kier alpha value is -3.48. The Labute approximate surface area is 187 Å². The third-order valence-electron chi connectivity index (χ3n) is 4.71.